The molecule has 0 aromatic heterocycles. The van der Waals surface area contributed by atoms with Gasteiger partial charge in [-0.15, -0.1) is 0 Å². The first-order valence-corrected chi connectivity index (χ1v) is 6.16. The molecular weight excluding hydrogens is 270 g/mol. The van der Waals surface area contributed by atoms with Crippen molar-refractivity contribution < 1.29 is 23.2 Å². The Kier molecular flexibility index (Phi) is 4.10. The number of hydroxylamine groups is 1. The first-order valence-electron chi connectivity index (χ1n) is 4.34. The first kappa shape index (κ1) is 13.9. The SMILES string of the molecule is CON(C)S(=O)(=O)c1cc(C(=O)[O-])ccc1Cl. The predicted molar refractivity (Wildman–Crippen MR) is 57.7 cm³/mol. The van der Waals surface area contributed by atoms with Crippen LogP contribution < -0.4 is 5.11 Å². The number of rotatable bonds is 4. The van der Waals surface area contributed by atoms with Crippen molar-refractivity contribution in [2.24, 2.45) is 0 Å². The van der Waals surface area contributed by atoms with E-state index < -0.39 is 16.0 Å². The van der Waals surface area contributed by atoms with Crippen LogP contribution in [0.3, 0.4) is 0 Å². The molecule has 0 radical (unpaired) electrons. The predicted octanol–water partition coefficient (Wildman–Crippen LogP) is -0.115. The summed E-state index contributed by atoms with van der Waals surface area (Å²) in [6.07, 6.45) is 0. The van der Waals surface area contributed by atoms with Crippen LogP contribution in [0, 0.1) is 0 Å². The summed E-state index contributed by atoms with van der Waals surface area (Å²) in [5.41, 5.74) is -0.280. The van der Waals surface area contributed by atoms with Crippen molar-refractivity contribution >= 4 is 27.6 Å². The summed E-state index contributed by atoms with van der Waals surface area (Å²) in [5.74, 6) is -1.49. The van der Waals surface area contributed by atoms with Crippen molar-refractivity contribution in [2.75, 3.05) is 14.2 Å². The molecule has 0 N–H and O–H groups in total. The Hall–Kier alpha value is -1.15. The van der Waals surface area contributed by atoms with Gasteiger partial charge in [-0.05, 0) is 17.7 Å². The highest BCUT2D eigenvalue weighted by Gasteiger charge is 2.24. The standard InChI is InChI=1S/C9H10ClNO5S/c1-11(16-2)17(14,15)8-5-6(9(12)13)3-4-7(8)10/h3-5H,1-2H3,(H,12,13)/p-1. The number of hydrogen-bond acceptors (Lipinski definition) is 5. The molecule has 0 aliphatic carbocycles. The highest BCUT2D eigenvalue weighted by atomic mass is 35.5. The van der Waals surface area contributed by atoms with E-state index in [1.165, 1.54) is 6.07 Å². The maximum atomic E-state index is 11.9. The Labute approximate surface area is 103 Å². The van der Waals surface area contributed by atoms with Gasteiger partial charge in [-0.3, -0.25) is 4.84 Å². The smallest absolute Gasteiger partial charge is 0.266 e. The van der Waals surface area contributed by atoms with Gasteiger partial charge in [0.25, 0.3) is 10.0 Å². The molecule has 17 heavy (non-hydrogen) atoms. The Morgan fingerprint density at radius 1 is 1.47 bits per heavy atom. The molecule has 0 saturated heterocycles. The topological polar surface area (TPSA) is 86.7 Å². The molecule has 1 aromatic carbocycles. The summed E-state index contributed by atoms with van der Waals surface area (Å²) in [6, 6.07) is 3.25. The molecule has 1 aromatic rings. The molecule has 0 amide bonds. The number of carboxylic acids is 1. The molecule has 1 rings (SSSR count). The van der Waals surface area contributed by atoms with Crippen LogP contribution in [0.5, 0.6) is 0 Å². The lowest BCUT2D eigenvalue weighted by Crippen LogP contribution is -2.27. The lowest BCUT2D eigenvalue weighted by Gasteiger charge is -2.16. The second-order valence-electron chi connectivity index (χ2n) is 3.03. The lowest BCUT2D eigenvalue weighted by molar-refractivity contribution is -0.255. The van der Waals surface area contributed by atoms with Crippen molar-refractivity contribution in [1.29, 1.82) is 0 Å². The molecule has 8 heteroatoms. The van der Waals surface area contributed by atoms with Gasteiger partial charge in [-0.25, -0.2) is 8.42 Å². The Morgan fingerprint density at radius 2 is 2.06 bits per heavy atom. The number of benzene rings is 1. The van der Waals surface area contributed by atoms with Gasteiger partial charge in [0, 0.05) is 7.05 Å². The third-order valence-corrected chi connectivity index (χ3v) is 4.20. The van der Waals surface area contributed by atoms with Gasteiger partial charge in [0.15, 0.2) is 0 Å². The van der Waals surface area contributed by atoms with Crippen molar-refractivity contribution in [3.05, 3.63) is 28.8 Å². The molecule has 0 spiro atoms. The van der Waals surface area contributed by atoms with E-state index in [4.69, 9.17) is 11.6 Å². The van der Waals surface area contributed by atoms with Crippen molar-refractivity contribution in [2.45, 2.75) is 4.90 Å². The van der Waals surface area contributed by atoms with Gasteiger partial charge in [0.05, 0.1) is 18.1 Å². The third-order valence-electron chi connectivity index (χ3n) is 2.04. The van der Waals surface area contributed by atoms with Crippen LogP contribution in [0.15, 0.2) is 23.1 Å². The molecule has 0 saturated carbocycles. The maximum absolute atomic E-state index is 11.9. The number of nitrogens with zero attached hydrogens (tertiary/aromatic N) is 1. The second-order valence-corrected chi connectivity index (χ2v) is 5.34. The van der Waals surface area contributed by atoms with Crippen LogP contribution in [0.4, 0.5) is 0 Å². The van der Waals surface area contributed by atoms with Crippen molar-refractivity contribution in [3.8, 4) is 0 Å². The molecule has 0 fully saturated rings. The zero-order chi connectivity index (χ0) is 13.2. The summed E-state index contributed by atoms with van der Waals surface area (Å²) in [5, 5.41) is 10.5. The quantitative estimate of drug-likeness (QED) is 0.717. The molecular formula is C9H9ClNO5S-. The van der Waals surface area contributed by atoms with E-state index in [0.717, 1.165) is 26.3 Å². The molecule has 0 bridgehead atoms. The van der Waals surface area contributed by atoms with E-state index in [1.807, 2.05) is 0 Å². The highest BCUT2D eigenvalue weighted by Crippen LogP contribution is 2.25. The van der Waals surface area contributed by atoms with E-state index in [2.05, 4.69) is 4.84 Å². The Morgan fingerprint density at radius 3 is 2.53 bits per heavy atom. The fraction of sp³-hybridized carbons (Fsp3) is 0.222. The fourth-order valence-electron chi connectivity index (χ4n) is 1.06. The molecule has 0 atom stereocenters. The zero-order valence-corrected chi connectivity index (χ0v) is 10.6. The van der Waals surface area contributed by atoms with Crippen LogP contribution >= 0.6 is 11.6 Å². The summed E-state index contributed by atoms with van der Waals surface area (Å²) in [7, 11) is -1.66. The average Bonchev–Trinajstić information content (AvgIpc) is 2.27. The monoisotopic (exact) mass is 278 g/mol. The molecule has 0 heterocycles. The van der Waals surface area contributed by atoms with Crippen LogP contribution in [0.1, 0.15) is 10.4 Å². The minimum absolute atomic E-state index is 0.0982. The van der Waals surface area contributed by atoms with Gasteiger partial charge >= 0.3 is 0 Å². The number of carbonyl (C=O) groups is 1. The summed E-state index contributed by atoms with van der Waals surface area (Å²) in [4.78, 5) is 14.8. The summed E-state index contributed by atoms with van der Waals surface area (Å²) < 4.78 is 24.3. The number of carbonyl (C=O) groups excluding carboxylic acids is 1. The van der Waals surface area contributed by atoms with E-state index in [0.29, 0.717) is 4.47 Å². The van der Waals surface area contributed by atoms with E-state index in [1.54, 1.807) is 0 Å². The van der Waals surface area contributed by atoms with Crippen LogP contribution in [-0.4, -0.2) is 33.0 Å². The van der Waals surface area contributed by atoms with Crippen LogP contribution in [0.25, 0.3) is 0 Å². The maximum Gasteiger partial charge on any atom is 0.266 e. The number of carboxylic acid groups (broad SMARTS) is 1. The third kappa shape index (κ3) is 2.75. The zero-order valence-electron chi connectivity index (χ0n) is 9.01. The molecule has 6 nitrogen and oxygen atoms in total. The fourth-order valence-corrected chi connectivity index (χ4v) is 2.54. The van der Waals surface area contributed by atoms with Crippen LogP contribution in [-0.2, 0) is 14.9 Å². The largest absolute Gasteiger partial charge is 0.545 e. The number of hydrogen-bond donors (Lipinski definition) is 0. The van der Waals surface area contributed by atoms with E-state index >= 15 is 0 Å². The summed E-state index contributed by atoms with van der Waals surface area (Å²) >= 11 is 5.71. The minimum atomic E-state index is -3.99. The second kappa shape index (κ2) is 5.01. The van der Waals surface area contributed by atoms with Gasteiger partial charge < -0.3 is 9.90 Å². The van der Waals surface area contributed by atoms with Gasteiger partial charge in [-0.2, -0.15) is 0 Å². The van der Waals surface area contributed by atoms with Gasteiger partial charge in [0.2, 0.25) is 0 Å². The molecule has 0 aliphatic rings. The lowest BCUT2D eigenvalue weighted by atomic mass is 10.2. The van der Waals surface area contributed by atoms with Gasteiger partial charge in [0.1, 0.15) is 4.90 Å². The normalized spacial score (nSPS) is 11.8. The van der Waals surface area contributed by atoms with E-state index in [-0.39, 0.29) is 15.5 Å². The average molecular weight is 279 g/mol. The summed E-state index contributed by atoms with van der Waals surface area (Å²) in [6.45, 7) is 0. The molecule has 94 valence electrons. The number of aromatic carboxylic acids is 1. The molecule has 0 unspecified atom stereocenters. The van der Waals surface area contributed by atoms with Crippen molar-refractivity contribution in [1.82, 2.24) is 4.47 Å². The Bertz CT molecular complexity index is 542. The van der Waals surface area contributed by atoms with Gasteiger partial charge in [-0.1, -0.05) is 22.1 Å². The molecule has 0 aliphatic heterocycles. The van der Waals surface area contributed by atoms with Crippen LogP contribution in [0.2, 0.25) is 5.02 Å². The minimum Gasteiger partial charge on any atom is -0.545 e. The highest BCUT2D eigenvalue weighted by molar-refractivity contribution is 7.89. The van der Waals surface area contributed by atoms with Crippen molar-refractivity contribution in [3.63, 3.8) is 0 Å². The van der Waals surface area contributed by atoms with E-state index in [9.17, 15) is 18.3 Å². The number of halogens is 1. The first-order chi connectivity index (χ1) is 7.80. The number of sulfonamides is 1. The Balaban J connectivity index is 3.40.